The minimum Gasteiger partial charge on any atom is -0.480 e. The average molecular weight is 216 g/mol. The third-order valence-corrected chi connectivity index (χ3v) is 1.79. The van der Waals surface area contributed by atoms with Crippen LogP contribution in [0.15, 0.2) is 12.3 Å². The molecule has 0 saturated heterocycles. The fourth-order valence-corrected chi connectivity index (χ4v) is 0.866. The van der Waals surface area contributed by atoms with Crippen molar-refractivity contribution in [2.45, 2.75) is 19.4 Å². The van der Waals surface area contributed by atoms with Gasteiger partial charge < -0.3 is 10.4 Å². The molecule has 0 spiro atoms. The van der Waals surface area contributed by atoms with E-state index in [1.54, 1.807) is 0 Å². The summed E-state index contributed by atoms with van der Waals surface area (Å²) in [6.45, 7) is 3.03. The number of nitrogens with one attached hydrogen (secondary N) is 1. The topological polar surface area (TPSA) is 75.1 Å². The molecule has 5 nitrogen and oxygen atoms in total. The Morgan fingerprint density at radius 2 is 2.29 bits per heavy atom. The predicted molar refractivity (Wildman–Crippen MR) is 52.4 cm³/mol. The summed E-state index contributed by atoms with van der Waals surface area (Å²) in [6.07, 6.45) is 1.45. The van der Waals surface area contributed by atoms with Crippen molar-refractivity contribution in [2.75, 3.05) is 5.32 Å². The molecule has 0 unspecified atom stereocenters. The van der Waals surface area contributed by atoms with Crippen LogP contribution in [0.2, 0.25) is 5.15 Å². The molecule has 0 bridgehead atoms. The number of carbonyl (C=O) groups is 1. The van der Waals surface area contributed by atoms with Crippen LogP contribution < -0.4 is 5.32 Å². The van der Waals surface area contributed by atoms with Gasteiger partial charge in [0.25, 0.3) is 0 Å². The van der Waals surface area contributed by atoms with Crippen LogP contribution in [0.3, 0.4) is 0 Å². The van der Waals surface area contributed by atoms with E-state index in [1.165, 1.54) is 26.1 Å². The van der Waals surface area contributed by atoms with Crippen LogP contribution in [0.25, 0.3) is 0 Å². The lowest BCUT2D eigenvalue weighted by Crippen LogP contribution is -2.40. The van der Waals surface area contributed by atoms with E-state index in [2.05, 4.69) is 15.3 Å². The first-order chi connectivity index (χ1) is 6.42. The van der Waals surface area contributed by atoms with Gasteiger partial charge in [0, 0.05) is 6.20 Å². The summed E-state index contributed by atoms with van der Waals surface area (Å²) in [4.78, 5) is 18.4. The lowest BCUT2D eigenvalue weighted by molar-refractivity contribution is -0.141. The first-order valence-electron chi connectivity index (χ1n) is 3.92. The van der Waals surface area contributed by atoms with E-state index in [9.17, 15) is 4.79 Å². The predicted octanol–water partition coefficient (Wildman–Crippen LogP) is 1.41. The van der Waals surface area contributed by atoms with E-state index in [1.807, 2.05) is 0 Å². The minimum atomic E-state index is -1.12. The summed E-state index contributed by atoms with van der Waals surface area (Å²) in [6, 6.07) is 1.51. The molecule has 0 atom stereocenters. The van der Waals surface area contributed by atoms with Gasteiger partial charge in [-0.3, -0.25) is 0 Å². The van der Waals surface area contributed by atoms with Crippen LogP contribution in [-0.2, 0) is 4.79 Å². The van der Waals surface area contributed by atoms with Gasteiger partial charge in [-0.1, -0.05) is 11.6 Å². The van der Waals surface area contributed by atoms with Crippen molar-refractivity contribution in [3.8, 4) is 0 Å². The van der Waals surface area contributed by atoms with Crippen molar-refractivity contribution in [1.29, 1.82) is 0 Å². The third kappa shape index (κ3) is 2.56. The van der Waals surface area contributed by atoms with Gasteiger partial charge in [0.2, 0.25) is 5.95 Å². The number of halogens is 1. The van der Waals surface area contributed by atoms with E-state index >= 15 is 0 Å². The van der Waals surface area contributed by atoms with Gasteiger partial charge >= 0.3 is 5.97 Å². The SMILES string of the molecule is CC(C)(Nc1nccc(Cl)n1)C(=O)O. The number of aromatic nitrogens is 2. The zero-order valence-corrected chi connectivity index (χ0v) is 8.54. The summed E-state index contributed by atoms with van der Waals surface area (Å²) in [5.74, 6) is -0.786. The van der Waals surface area contributed by atoms with E-state index in [4.69, 9.17) is 16.7 Å². The van der Waals surface area contributed by atoms with Gasteiger partial charge in [0.05, 0.1) is 0 Å². The molecule has 0 aliphatic rings. The third-order valence-electron chi connectivity index (χ3n) is 1.58. The highest BCUT2D eigenvalue weighted by Crippen LogP contribution is 2.12. The summed E-state index contributed by atoms with van der Waals surface area (Å²) < 4.78 is 0. The van der Waals surface area contributed by atoms with Crippen molar-refractivity contribution in [2.24, 2.45) is 0 Å². The summed E-state index contributed by atoms with van der Waals surface area (Å²) >= 11 is 5.61. The fraction of sp³-hybridized carbons (Fsp3) is 0.375. The Morgan fingerprint density at radius 3 is 2.79 bits per heavy atom. The van der Waals surface area contributed by atoms with Crippen LogP contribution in [0.5, 0.6) is 0 Å². The number of anilines is 1. The Labute approximate surface area is 86.1 Å². The van der Waals surface area contributed by atoms with E-state index in [0.717, 1.165) is 0 Å². The van der Waals surface area contributed by atoms with Crippen molar-refractivity contribution in [3.05, 3.63) is 17.4 Å². The van der Waals surface area contributed by atoms with E-state index < -0.39 is 11.5 Å². The lowest BCUT2D eigenvalue weighted by atomic mass is 10.1. The van der Waals surface area contributed by atoms with Gasteiger partial charge in [-0.25, -0.2) is 14.8 Å². The van der Waals surface area contributed by atoms with Crippen molar-refractivity contribution < 1.29 is 9.90 Å². The number of rotatable bonds is 3. The van der Waals surface area contributed by atoms with Crippen molar-refractivity contribution in [3.63, 3.8) is 0 Å². The average Bonchev–Trinajstić information content (AvgIpc) is 2.02. The Kier molecular flexibility index (Phi) is 2.90. The molecular formula is C8H10ClN3O2. The van der Waals surface area contributed by atoms with Gasteiger partial charge in [0.15, 0.2) is 0 Å². The molecule has 76 valence electrons. The molecule has 0 saturated carbocycles. The Balaban J connectivity index is 2.83. The van der Waals surface area contributed by atoms with E-state index in [-0.39, 0.29) is 11.1 Å². The Morgan fingerprint density at radius 1 is 1.64 bits per heavy atom. The maximum atomic E-state index is 10.8. The highest BCUT2D eigenvalue weighted by atomic mass is 35.5. The second-order valence-electron chi connectivity index (χ2n) is 3.26. The smallest absolute Gasteiger partial charge is 0.328 e. The van der Waals surface area contributed by atoms with Gasteiger partial charge in [0.1, 0.15) is 10.7 Å². The largest absolute Gasteiger partial charge is 0.480 e. The number of hydrogen-bond donors (Lipinski definition) is 2. The standard InChI is InChI=1S/C8H10ClN3O2/c1-8(2,6(13)14)12-7-10-4-3-5(9)11-7/h3-4H,1-2H3,(H,13,14)(H,10,11,12). The number of carboxylic acids is 1. The number of hydrogen-bond acceptors (Lipinski definition) is 4. The number of aliphatic carboxylic acids is 1. The van der Waals surface area contributed by atoms with Crippen LogP contribution in [-0.4, -0.2) is 26.6 Å². The highest BCUT2D eigenvalue weighted by molar-refractivity contribution is 6.29. The first-order valence-corrected chi connectivity index (χ1v) is 4.30. The number of carboxylic acid groups (broad SMARTS) is 1. The molecule has 1 aromatic rings. The maximum Gasteiger partial charge on any atom is 0.328 e. The quantitative estimate of drug-likeness (QED) is 0.746. The molecule has 0 fully saturated rings. The van der Waals surface area contributed by atoms with Crippen LogP contribution in [0, 0.1) is 0 Å². The van der Waals surface area contributed by atoms with E-state index in [0.29, 0.717) is 0 Å². The summed E-state index contributed by atoms with van der Waals surface area (Å²) in [7, 11) is 0. The Bertz CT molecular complexity index is 354. The van der Waals surface area contributed by atoms with Gasteiger partial charge in [-0.2, -0.15) is 0 Å². The van der Waals surface area contributed by atoms with Gasteiger partial charge in [-0.15, -0.1) is 0 Å². The fourth-order valence-electron chi connectivity index (χ4n) is 0.730. The molecule has 1 rings (SSSR count). The molecule has 0 amide bonds. The molecule has 1 aromatic heterocycles. The highest BCUT2D eigenvalue weighted by Gasteiger charge is 2.27. The normalized spacial score (nSPS) is 11.1. The second kappa shape index (κ2) is 3.79. The zero-order chi connectivity index (χ0) is 10.8. The van der Waals surface area contributed by atoms with Crippen LogP contribution >= 0.6 is 11.6 Å². The minimum absolute atomic E-state index is 0.199. The molecule has 0 aromatic carbocycles. The first kappa shape index (κ1) is 10.7. The van der Waals surface area contributed by atoms with Gasteiger partial charge in [-0.05, 0) is 19.9 Å². The monoisotopic (exact) mass is 215 g/mol. The maximum absolute atomic E-state index is 10.8. The zero-order valence-electron chi connectivity index (χ0n) is 7.78. The van der Waals surface area contributed by atoms with Crippen LogP contribution in [0.4, 0.5) is 5.95 Å². The molecule has 6 heteroatoms. The molecule has 14 heavy (non-hydrogen) atoms. The lowest BCUT2D eigenvalue weighted by Gasteiger charge is -2.20. The van der Waals surface area contributed by atoms with Crippen molar-refractivity contribution in [1.82, 2.24) is 9.97 Å². The molecule has 1 heterocycles. The molecule has 0 aliphatic carbocycles. The molecule has 0 aliphatic heterocycles. The molecular weight excluding hydrogens is 206 g/mol. The van der Waals surface area contributed by atoms with Crippen LogP contribution in [0.1, 0.15) is 13.8 Å². The van der Waals surface area contributed by atoms with Crippen molar-refractivity contribution >= 4 is 23.5 Å². The number of nitrogens with zero attached hydrogens (tertiary/aromatic N) is 2. The summed E-state index contributed by atoms with van der Waals surface area (Å²) in [5, 5.41) is 11.7. The molecule has 2 N–H and O–H groups in total. The Hall–Kier alpha value is -1.36. The summed E-state index contributed by atoms with van der Waals surface area (Å²) in [5.41, 5.74) is -1.12. The molecule has 0 radical (unpaired) electrons. The second-order valence-corrected chi connectivity index (χ2v) is 3.65.